The third kappa shape index (κ3) is 1.91. The van der Waals surface area contributed by atoms with Gasteiger partial charge in [-0.2, -0.15) is 0 Å². The van der Waals surface area contributed by atoms with Crippen molar-refractivity contribution in [2.24, 2.45) is 0 Å². The molecule has 1 aromatic rings. The fourth-order valence-corrected chi connectivity index (χ4v) is 2.26. The third-order valence-electron chi connectivity index (χ3n) is 2.57. The van der Waals surface area contributed by atoms with Crippen molar-refractivity contribution in [1.82, 2.24) is 4.98 Å². The van der Waals surface area contributed by atoms with E-state index in [1.807, 2.05) is 18.5 Å². The highest BCUT2D eigenvalue weighted by atomic mass is 79.9. The van der Waals surface area contributed by atoms with Crippen LogP contribution in [0.25, 0.3) is 0 Å². The fourth-order valence-electron chi connectivity index (χ4n) is 1.76. The van der Waals surface area contributed by atoms with E-state index < -0.39 is 0 Å². The van der Waals surface area contributed by atoms with Crippen molar-refractivity contribution >= 4 is 21.6 Å². The van der Waals surface area contributed by atoms with Crippen LogP contribution in [0, 0.1) is 0 Å². The number of ether oxygens (including phenoxy) is 1. The number of hydrogen-bond donors (Lipinski definition) is 0. The van der Waals surface area contributed by atoms with Crippen LogP contribution in [0.2, 0.25) is 0 Å². The Kier molecular flexibility index (Phi) is 3.03. The molecule has 14 heavy (non-hydrogen) atoms. The lowest BCUT2D eigenvalue weighted by molar-refractivity contribution is 0.121. The predicted octanol–water partition coefficient (Wildman–Crippen LogP) is 2.07. The van der Waals surface area contributed by atoms with Gasteiger partial charge in [0.15, 0.2) is 0 Å². The summed E-state index contributed by atoms with van der Waals surface area (Å²) in [5, 5.41) is 0. The molecule has 1 saturated heterocycles. The van der Waals surface area contributed by atoms with Crippen LogP contribution in [-0.4, -0.2) is 31.3 Å². The van der Waals surface area contributed by atoms with Crippen molar-refractivity contribution < 1.29 is 4.74 Å². The van der Waals surface area contributed by atoms with Gasteiger partial charge in [0.1, 0.15) is 0 Å². The summed E-state index contributed by atoms with van der Waals surface area (Å²) in [6.45, 7) is 2.03. The molecule has 1 atom stereocenters. The molecule has 0 aliphatic carbocycles. The lowest BCUT2D eigenvalue weighted by Gasteiger charge is -2.19. The molecule has 3 nitrogen and oxygen atoms in total. The SMILES string of the molecule is COC1CCN(c2ccncc2Br)C1. The first-order chi connectivity index (χ1) is 6.81. The molecule has 76 valence electrons. The number of rotatable bonds is 2. The first-order valence-electron chi connectivity index (χ1n) is 4.68. The smallest absolute Gasteiger partial charge is 0.0762 e. The van der Waals surface area contributed by atoms with Crippen LogP contribution in [0.3, 0.4) is 0 Å². The van der Waals surface area contributed by atoms with E-state index in [1.54, 1.807) is 7.11 Å². The Morgan fingerprint density at radius 3 is 3.14 bits per heavy atom. The molecule has 0 bridgehead atoms. The largest absolute Gasteiger partial charge is 0.380 e. The average Bonchev–Trinajstić information content (AvgIpc) is 2.67. The van der Waals surface area contributed by atoms with Crippen molar-refractivity contribution in [1.29, 1.82) is 0 Å². The average molecular weight is 257 g/mol. The molecule has 1 aliphatic rings. The van der Waals surface area contributed by atoms with Crippen molar-refractivity contribution in [3.05, 3.63) is 22.9 Å². The minimum atomic E-state index is 0.370. The van der Waals surface area contributed by atoms with Crippen LogP contribution in [-0.2, 0) is 4.74 Å². The molecule has 4 heteroatoms. The third-order valence-corrected chi connectivity index (χ3v) is 3.18. The van der Waals surface area contributed by atoms with Gasteiger partial charge in [0.05, 0.1) is 16.3 Å². The van der Waals surface area contributed by atoms with Gasteiger partial charge in [0.25, 0.3) is 0 Å². The number of nitrogens with zero attached hydrogens (tertiary/aromatic N) is 2. The number of anilines is 1. The van der Waals surface area contributed by atoms with E-state index in [-0.39, 0.29) is 0 Å². The van der Waals surface area contributed by atoms with Crippen LogP contribution in [0.1, 0.15) is 6.42 Å². The molecule has 1 fully saturated rings. The first-order valence-corrected chi connectivity index (χ1v) is 5.48. The zero-order chi connectivity index (χ0) is 9.97. The van der Waals surface area contributed by atoms with Gasteiger partial charge < -0.3 is 9.64 Å². The molecule has 0 amide bonds. The highest BCUT2D eigenvalue weighted by Crippen LogP contribution is 2.28. The summed E-state index contributed by atoms with van der Waals surface area (Å²) in [7, 11) is 1.77. The fraction of sp³-hybridized carbons (Fsp3) is 0.500. The van der Waals surface area contributed by atoms with Gasteiger partial charge in [0.2, 0.25) is 0 Å². The van der Waals surface area contributed by atoms with Gasteiger partial charge in [-0.1, -0.05) is 0 Å². The van der Waals surface area contributed by atoms with E-state index in [1.165, 1.54) is 5.69 Å². The zero-order valence-electron chi connectivity index (χ0n) is 8.11. The van der Waals surface area contributed by atoms with Crippen molar-refractivity contribution in [3.63, 3.8) is 0 Å². The molecule has 0 spiro atoms. The van der Waals surface area contributed by atoms with Gasteiger partial charge >= 0.3 is 0 Å². The lowest BCUT2D eigenvalue weighted by atomic mass is 10.3. The van der Waals surface area contributed by atoms with Gasteiger partial charge in [-0.05, 0) is 28.4 Å². The lowest BCUT2D eigenvalue weighted by Crippen LogP contribution is -2.22. The first kappa shape index (κ1) is 9.93. The van der Waals surface area contributed by atoms with Crippen molar-refractivity contribution in [3.8, 4) is 0 Å². The number of aromatic nitrogens is 1. The number of halogens is 1. The van der Waals surface area contributed by atoms with E-state index in [0.29, 0.717) is 6.10 Å². The monoisotopic (exact) mass is 256 g/mol. The van der Waals surface area contributed by atoms with Gasteiger partial charge in [-0.15, -0.1) is 0 Å². The molecule has 1 unspecified atom stereocenters. The van der Waals surface area contributed by atoms with E-state index in [2.05, 4.69) is 25.8 Å². The Hall–Kier alpha value is -0.610. The standard InChI is InChI=1S/C10H13BrN2O/c1-14-8-3-5-13(7-8)10-2-4-12-6-9(10)11/h2,4,6,8H,3,5,7H2,1H3. The second-order valence-corrected chi connectivity index (χ2v) is 4.27. The predicted molar refractivity (Wildman–Crippen MR) is 59.6 cm³/mol. The maximum absolute atomic E-state index is 5.33. The molecular weight excluding hydrogens is 244 g/mol. The molecule has 0 radical (unpaired) electrons. The Balaban J connectivity index is 2.13. The Labute approximate surface area is 92.2 Å². The summed E-state index contributed by atoms with van der Waals surface area (Å²) in [6.07, 6.45) is 5.12. The Morgan fingerprint density at radius 2 is 2.50 bits per heavy atom. The quantitative estimate of drug-likeness (QED) is 0.811. The summed E-state index contributed by atoms with van der Waals surface area (Å²) >= 11 is 3.50. The van der Waals surface area contributed by atoms with Crippen LogP contribution >= 0.6 is 15.9 Å². The molecule has 0 saturated carbocycles. The maximum Gasteiger partial charge on any atom is 0.0762 e. The number of methoxy groups -OCH3 is 1. The number of pyridine rings is 1. The molecular formula is C10H13BrN2O. The summed E-state index contributed by atoms with van der Waals surface area (Å²) in [6, 6.07) is 2.03. The summed E-state index contributed by atoms with van der Waals surface area (Å²) < 4.78 is 6.38. The van der Waals surface area contributed by atoms with Crippen molar-refractivity contribution in [2.45, 2.75) is 12.5 Å². The second kappa shape index (κ2) is 4.28. The van der Waals surface area contributed by atoms with E-state index in [0.717, 1.165) is 24.0 Å². The van der Waals surface area contributed by atoms with E-state index >= 15 is 0 Å². The van der Waals surface area contributed by atoms with Crippen LogP contribution in [0.4, 0.5) is 5.69 Å². The van der Waals surface area contributed by atoms with Gasteiger partial charge in [-0.25, -0.2) is 0 Å². The minimum absolute atomic E-state index is 0.370. The molecule has 2 heterocycles. The number of hydrogen-bond acceptors (Lipinski definition) is 3. The second-order valence-electron chi connectivity index (χ2n) is 3.42. The van der Waals surface area contributed by atoms with Crippen LogP contribution in [0.15, 0.2) is 22.9 Å². The van der Waals surface area contributed by atoms with Crippen LogP contribution in [0.5, 0.6) is 0 Å². The summed E-state index contributed by atoms with van der Waals surface area (Å²) in [4.78, 5) is 6.37. The topological polar surface area (TPSA) is 25.4 Å². The normalized spacial score (nSPS) is 21.6. The van der Waals surface area contributed by atoms with E-state index in [4.69, 9.17) is 4.74 Å². The minimum Gasteiger partial charge on any atom is -0.380 e. The van der Waals surface area contributed by atoms with Gasteiger partial charge in [0, 0.05) is 32.6 Å². The zero-order valence-corrected chi connectivity index (χ0v) is 9.70. The highest BCUT2D eigenvalue weighted by molar-refractivity contribution is 9.10. The van der Waals surface area contributed by atoms with E-state index in [9.17, 15) is 0 Å². The molecule has 1 aliphatic heterocycles. The maximum atomic E-state index is 5.33. The Morgan fingerprint density at radius 1 is 1.64 bits per heavy atom. The molecule has 2 rings (SSSR count). The summed E-state index contributed by atoms with van der Waals surface area (Å²) in [5.41, 5.74) is 1.21. The molecule has 1 aromatic heterocycles. The Bertz CT molecular complexity index is 319. The van der Waals surface area contributed by atoms with Crippen LogP contribution < -0.4 is 4.90 Å². The summed E-state index contributed by atoms with van der Waals surface area (Å²) in [5.74, 6) is 0. The molecule has 0 aromatic carbocycles. The van der Waals surface area contributed by atoms with Gasteiger partial charge in [-0.3, -0.25) is 4.98 Å². The van der Waals surface area contributed by atoms with Crippen molar-refractivity contribution in [2.75, 3.05) is 25.1 Å². The molecule has 0 N–H and O–H groups in total. The highest BCUT2D eigenvalue weighted by Gasteiger charge is 2.23.